The molecule has 0 aliphatic heterocycles. The molecule has 0 spiro atoms. The van der Waals surface area contributed by atoms with Gasteiger partial charge in [-0.3, -0.25) is 9.10 Å². The number of ether oxygens (including phenoxy) is 1. The van der Waals surface area contributed by atoms with Crippen LogP contribution < -0.4 is 14.4 Å². The summed E-state index contributed by atoms with van der Waals surface area (Å²) in [7, 11) is -4.33. The van der Waals surface area contributed by atoms with Crippen LogP contribution >= 0.6 is 0 Å². The van der Waals surface area contributed by atoms with Crippen molar-refractivity contribution in [1.82, 2.24) is 9.62 Å². The molecule has 11 heteroatoms. The molecule has 2 aromatic rings. The topological polar surface area (TPSA) is 113 Å². The fourth-order valence-electron chi connectivity index (χ4n) is 3.52. The molecule has 0 aromatic heterocycles. The average Bonchev–Trinajstić information content (AvgIpc) is 2.73. The van der Waals surface area contributed by atoms with Gasteiger partial charge >= 0.3 is 0 Å². The van der Waals surface area contributed by atoms with E-state index in [-0.39, 0.29) is 24.5 Å². The van der Waals surface area contributed by atoms with Gasteiger partial charge < -0.3 is 10.1 Å². The van der Waals surface area contributed by atoms with Crippen LogP contribution in [0.25, 0.3) is 0 Å². The Morgan fingerprint density at radius 1 is 1.00 bits per heavy atom. The highest BCUT2D eigenvalue weighted by Gasteiger charge is 2.31. The zero-order chi connectivity index (χ0) is 25.7. The number of nitrogens with one attached hydrogen (secondary N) is 1. The first-order valence-electron chi connectivity index (χ1n) is 10.8. The summed E-state index contributed by atoms with van der Waals surface area (Å²) in [4.78, 5) is 13.0. The number of hydrogen-bond donors (Lipinski definition) is 1. The van der Waals surface area contributed by atoms with Crippen LogP contribution in [-0.4, -0.2) is 66.6 Å². The third-order valence-electron chi connectivity index (χ3n) is 5.06. The summed E-state index contributed by atoms with van der Waals surface area (Å²) in [5.74, 6) is 0.0232. The second-order valence-electron chi connectivity index (χ2n) is 8.23. The number of hydrogen-bond acceptors (Lipinski definition) is 6. The van der Waals surface area contributed by atoms with E-state index >= 15 is 0 Å². The van der Waals surface area contributed by atoms with Crippen molar-refractivity contribution in [2.75, 3.05) is 37.8 Å². The Kier molecular flexibility index (Phi) is 9.09. The third kappa shape index (κ3) is 6.94. The van der Waals surface area contributed by atoms with Crippen molar-refractivity contribution >= 4 is 31.6 Å². The molecule has 0 aliphatic carbocycles. The van der Waals surface area contributed by atoms with Crippen LogP contribution in [0, 0.1) is 13.8 Å². The minimum atomic E-state index is -3.72. The van der Waals surface area contributed by atoms with Crippen molar-refractivity contribution < 1.29 is 26.4 Å². The first-order valence-corrected chi connectivity index (χ1v) is 14.1. The van der Waals surface area contributed by atoms with Gasteiger partial charge in [-0.25, -0.2) is 21.1 Å². The number of rotatable bonds is 11. The van der Waals surface area contributed by atoms with Gasteiger partial charge in [-0.2, -0.15) is 0 Å². The molecule has 1 N–H and O–H groups in total. The van der Waals surface area contributed by atoms with Crippen LogP contribution in [-0.2, 0) is 24.8 Å². The van der Waals surface area contributed by atoms with Crippen molar-refractivity contribution in [3.05, 3.63) is 53.6 Å². The van der Waals surface area contributed by atoms with Gasteiger partial charge in [-0.1, -0.05) is 13.0 Å². The van der Waals surface area contributed by atoms with Gasteiger partial charge in [0.05, 0.1) is 23.4 Å². The van der Waals surface area contributed by atoms with E-state index in [1.807, 2.05) is 19.9 Å². The zero-order valence-electron chi connectivity index (χ0n) is 20.4. The molecule has 0 heterocycles. The van der Waals surface area contributed by atoms with Crippen molar-refractivity contribution in [2.24, 2.45) is 0 Å². The Morgan fingerprint density at radius 2 is 1.56 bits per heavy atom. The average molecular weight is 512 g/mol. The summed E-state index contributed by atoms with van der Waals surface area (Å²) in [6.45, 7) is 5.78. The van der Waals surface area contributed by atoms with Gasteiger partial charge in [0.2, 0.25) is 26.0 Å². The molecule has 0 fully saturated rings. The fraction of sp³-hybridized carbons (Fsp3) is 0.435. The van der Waals surface area contributed by atoms with Crippen molar-refractivity contribution in [3.8, 4) is 5.75 Å². The highest BCUT2D eigenvalue weighted by molar-refractivity contribution is 7.92. The predicted octanol–water partition coefficient (Wildman–Crippen LogP) is 2.29. The molecule has 2 rings (SSSR count). The summed E-state index contributed by atoms with van der Waals surface area (Å²) < 4.78 is 57.3. The maximum atomic E-state index is 12.9. The molecule has 1 unspecified atom stereocenters. The summed E-state index contributed by atoms with van der Waals surface area (Å²) in [5.41, 5.74) is 2.25. The number of carbonyl (C=O) groups excluding carboxylic acids is 1. The fourth-order valence-corrected chi connectivity index (χ4v) is 5.61. The Balaban J connectivity index is 2.04. The lowest BCUT2D eigenvalue weighted by Crippen LogP contribution is -2.50. The maximum Gasteiger partial charge on any atom is 0.244 e. The van der Waals surface area contributed by atoms with E-state index in [1.54, 1.807) is 31.2 Å². The third-order valence-corrected chi connectivity index (χ3v) is 8.07. The number of sulfonamides is 2. The molecule has 2 aromatic carbocycles. The molecule has 9 nitrogen and oxygen atoms in total. The van der Waals surface area contributed by atoms with Gasteiger partial charge in [0.1, 0.15) is 18.4 Å². The molecule has 0 saturated heterocycles. The maximum absolute atomic E-state index is 12.9. The number of nitrogens with zero attached hydrogens (tertiary/aromatic N) is 2. The van der Waals surface area contributed by atoms with Crippen LogP contribution in [0.15, 0.2) is 47.4 Å². The van der Waals surface area contributed by atoms with E-state index < -0.39 is 32.0 Å². The number of aryl methyl sites for hydroxylation is 2. The van der Waals surface area contributed by atoms with E-state index in [9.17, 15) is 21.6 Å². The molecule has 0 bridgehead atoms. The van der Waals surface area contributed by atoms with E-state index in [2.05, 4.69) is 5.32 Å². The molecule has 0 radical (unpaired) electrons. The smallest absolute Gasteiger partial charge is 0.244 e. The van der Waals surface area contributed by atoms with Crippen LogP contribution in [0.1, 0.15) is 24.5 Å². The first kappa shape index (κ1) is 27.6. The zero-order valence-corrected chi connectivity index (χ0v) is 22.0. The normalized spacial score (nSPS) is 12.9. The van der Waals surface area contributed by atoms with E-state index in [0.717, 1.165) is 26.0 Å². The Bertz CT molecular complexity index is 1190. The van der Waals surface area contributed by atoms with Crippen molar-refractivity contribution in [2.45, 2.75) is 38.1 Å². The second-order valence-corrected chi connectivity index (χ2v) is 12.2. The van der Waals surface area contributed by atoms with Crippen molar-refractivity contribution in [3.63, 3.8) is 0 Å². The van der Waals surface area contributed by atoms with Gasteiger partial charge in [0, 0.05) is 14.1 Å². The number of benzene rings is 2. The molecule has 0 saturated carbocycles. The summed E-state index contributed by atoms with van der Waals surface area (Å²) in [6.07, 6.45) is 1.37. The number of carbonyl (C=O) groups is 1. The minimum Gasteiger partial charge on any atom is -0.492 e. The second kappa shape index (κ2) is 11.2. The van der Waals surface area contributed by atoms with Crippen LogP contribution in [0.2, 0.25) is 0 Å². The molecular weight excluding hydrogens is 478 g/mol. The van der Waals surface area contributed by atoms with E-state index in [0.29, 0.717) is 11.4 Å². The van der Waals surface area contributed by atoms with E-state index in [1.165, 1.54) is 26.2 Å². The molecular formula is C23H33N3O6S2. The van der Waals surface area contributed by atoms with Gasteiger partial charge in [-0.05, 0) is 67.8 Å². The van der Waals surface area contributed by atoms with Gasteiger partial charge in [-0.15, -0.1) is 0 Å². The standard InChI is InChI=1S/C23H33N3O6S2/c1-7-22(26(33(6,28)29)19-15-17(2)14-18(3)16-19)23(27)24-12-13-32-20-8-10-21(11-9-20)34(30,31)25(4)5/h8-11,14-16,22H,7,12-13H2,1-6H3,(H,24,27). The van der Waals surface area contributed by atoms with E-state index in [4.69, 9.17) is 4.74 Å². The molecule has 1 atom stereocenters. The SMILES string of the molecule is CCC(C(=O)NCCOc1ccc(S(=O)(=O)N(C)C)cc1)N(c1cc(C)cc(C)c1)S(C)(=O)=O. The Labute approximate surface area is 202 Å². The Morgan fingerprint density at radius 3 is 2.03 bits per heavy atom. The monoisotopic (exact) mass is 511 g/mol. The Hall–Kier alpha value is -2.63. The van der Waals surface area contributed by atoms with Crippen LogP contribution in [0.5, 0.6) is 5.75 Å². The lowest BCUT2D eigenvalue weighted by molar-refractivity contribution is -0.122. The lowest BCUT2D eigenvalue weighted by Gasteiger charge is -2.30. The minimum absolute atomic E-state index is 0.129. The molecule has 1 amide bonds. The molecule has 0 aliphatic rings. The summed E-state index contributed by atoms with van der Waals surface area (Å²) in [5, 5.41) is 2.73. The first-order chi connectivity index (χ1) is 15.8. The number of amides is 1. The number of anilines is 1. The highest BCUT2D eigenvalue weighted by atomic mass is 32.2. The largest absolute Gasteiger partial charge is 0.492 e. The molecule has 188 valence electrons. The van der Waals surface area contributed by atoms with Crippen molar-refractivity contribution in [1.29, 1.82) is 0 Å². The highest BCUT2D eigenvalue weighted by Crippen LogP contribution is 2.25. The van der Waals surface area contributed by atoms with Gasteiger partial charge in [0.15, 0.2) is 0 Å². The summed E-state index contributed by atoms with van der Waals surface area (Å²) >= 11 is 0. The lowest BCUT2D eigenvalue weighted by atomic mass is 10.1. The summed E-state index contributed by atoms with van der Waals surface area (Å²) in [6, 6.07) is 10.5. The van der Waals surface area contributed by atoms with Crippen LogP contribution in [0.4, 0.5) is 5.69 Å². The molecule has 34 heavy (non-hydrogen) atoms. The predicted molar refractivity (Wildman–Crippen MR) is 133 cm³/mol. The van der Waals surface area contributed by atoms with Gasteiger partial charge in [0.25, 0.3) is 0 Å². The quantitative estimate of drug-likeness (QED) is 0.463. The van der Waals surface area contributed by atoms with Crippen LogP contribution in [0.3, 0.4) is 0 Å².